The van der Waals surface area contributed by atoms with Crippen molar-refractivity contribution in [2.75, 3.05) is 38.1 Å². The van der Waals surface area contributed by atoms with Gasteiger partial charge in [-0.3, -0.25) is 9.78 Å². The molecule has 1 fully saturated rings. The van der Waals surface area contributed by atoms with Gasteiger partial charge in [-0.25, -0.2) is 19.7 Å². The van der Waals surface area contributed by atoms with E-state index in [1.165, 1.54) is 23.5 Å². The van der Waals surface area contributed by atoms with Crippen LogP contribution in [-0.4, -0.2) is 70.0 Å². The summed E-state index contributed by atoms with van der Waals surface area (Å²) in [5.74, 6) is -0.121. The second-order valence-corrected chi connectivity index (χ2v) is 8.51. The molecule has 0 radical (unpaired) electrons. The van der Waals surface area contributed by atoms with Crippen LogP contribution in [-0.2, 0) is 4.74 Å². The molecule has 4 rings (SSSR count). The maximum atomic E-state index is 12.8. The molecule has 174 valence electrons. The van der Waals surface area contributed by atoms with Gasteiger partial charge >= 0.3 is 6.09 Å². The molecule has 4 heterocycles. The summed E-state index contributed by atoms with van der Waals surface area (Å²) in [7, 11) is 2.00. The smallest absolute Gasteiger partial charge is 0.412 e. The van der Waals surface area contributed by atoms with Gasteiger partial charge in [0.15, 0.2) is 5.69 Å². The number of hydrogen-bond acceptors (Lipinski definition) is 8. The highest BCUT2D eigenvalue weighted by molar-refractivity contribution is 7.84. The molecule has 0 bridgehead atoms. The zero-order chi connectivity index (χ0) is 24.0. The maximum absolute atomic E-state index is 12.8. The van der Waals surface area contributed by atoms with E-state index in [1.807, 2.05) is 20.0 Å². The number of nitrogens with zero attached hydrogens (tertiary/aromatic N) is 6. The van der Waals surface area contributed by atoms with Crippen LogP contribution in [0.3, 0.4) is 0 Å². The van der Waals surface area contributed by atoms with Gasteiger partial charge in [-0.05, 0) is 31.0 Å². The van der Waals surface area contributed by atoms with E-state index < -0.39 is 18.2 Å². The second kappa shape index (κ2) is 11.3. The van der Waals surface area contributed by atoms with Crippen molar-refractivity contribution in [3.63, 3.8) is 0 Å². The molecular formula is C22H25ClN6O3S. The summed E-state index contributed by atoms with van der Waals surface area (Å²) in [6, 6.07) is 3.20. The van der Waals surface area contributed by atoms with Gasteiger partial charge in [0.2, 0.25) is 6.23 Å². The molecule has 1 atom stereocenters. The van der Waals surface area contributed by atoms with E-state index in [0.29, 0.717) is 29.6 Å². The van der Waals surface area contributed by atoms with E-state index in [1.54, 1.807) is 23.1 Å². The molecule has 0 N–H and O–H groups in total. The minimum Gasteiger partial charge on any atom is -0.419 e. The van der Waals surface area contributed by atoms with E-state index in [2.05, 4.69) is 39.1 Å². The molecule has 9 nitrogen and oxygen atoms in total. The fourth-order valence-corrected chi connectivity index (χ4v) is 3.43. The molecule has 2 aromatic heterocycles. The lowest BCUT2D eigenvalue weighted by atomic mass is 10.3. The van der Waals surface area contributed by atoms with Crippen LogP contribution in [0.2, 0.25) is 5.02 Å². The number of carbonyl (C=O) groups is 2. The molecule has 0 unspecified atom stereocenters. The van der Waals surface area contributed by atoms with Crippen LogP contribution in [0.1, 0.15) is 29.3 Å². The molecule has 0 aliphatic carbocycles. The summed E-state index contributed by atoms with van der Waals surface area (Å²) < 4.78 is 5.68. The van der Waals surface area contributed by atoms with Gasteiger partial charge in [0.1, 0.15) is 11.5 Å². The van der Waals surface area contributed by atoms with Gasteiger partial charge in [0.05, 0.1) is 5.02 Å². The number of likely N-dealkylation sites (N-methyl/N-ethyl adjacent to an activating group) is 1. The molecule has 2 aliphatic heterocycles. The first-order chi connectivity index (χ1) is 15.8. The highest BCUT2D eigenvalue weighted by Crippen LogP contribution is 2.35. The predicted molar refractivity (Wildman–Crippen MR) is 129 cm³/mol. The number of hydrogen-bond donors (Lipinski definition) is 1. The highest BCUT2D eigenvalue weighted by atomic mass is 35.5. The molecule has 2 amide bonds. The Morgan fingerprint density at radius 3 is 2.48 bits per heavy atom. The van der Waals surface area contributed by atoms with Gasteiger partial charge < -0.3 is 14.5 Å². The average Bonchev–Trinajstić information content (AvgIpc) is 3.07. The Hall–Kier alpha value is -2.95. The van der Waals surface area contributed by atoms with Gasteiger partial charge in [-0.2, -0.15) is 0 Å². The largest absolute Gasteiger partial charge is 0.419 e. The minimum absolute atomic E-state index is 0.144. The van der Waals surface area contributed by atoms with Gasteiger partial charge in [-0.15, -0.1) is 12.6 Å². The molecule has 0 aromatic carbocycles. The number of ether oxygens (including phenoxy) is 1. The maximum Gasteiger partial charge on any atom is 0.412 e. The summed E-state index contributed by atoms with van der Waals surface area (Å²) in [6.45, 7) is 8.02. The summed E-state index contributed by atoms with van der Waals surface area (Å²) in [5.41, 5.74) is 0.437. The Morgan fingerprint density at radius 1 is 1.21 bits per heavy atom. The number of amides is 2. The van der Waals surface area contributed by atoms with Crippen LogP contribution in [0, 0.1) is 0 Å². The number of fused-ring (bicyclic) bond motifs is 1. The lowest BCUT2D eigenvalue weighted by molar-refractivity contribution is 0.0476. The number of thiol groups is 1. The lowest BCUT2D eigenvalue weighted by Gasteiger charge is -2.33. The molecular weight excluding hydrogens is 464 g/mol. The third kappa shape index (κ3) is 6.10. The summed E-state index contributed by atoms with van der Waals surface area (Å²) >= 11 is 9.86. The molecule has 33 heavy (non-hydrogen) atoms. The molecule has 2 aliphatic rings. The van der Waals surface area contributed by atoms with Crippen molar-refractivity contribution in [3.8, 4) is 0 Å². The van der Waals surface area contributed by atoms with E-state index in [4.69, 9.17) is 16.3 Å². The van der Waals surface area contributed by atoms with Crippen LogP contribution in [0.4, 0.5) is 10.6 Å². The number of rotatable bonds is 3. The van der Waals surface area contributed by atoms with Crippen LogP contribution in [0.5, 0.6) is 0 Å². The predicted octanol–water partition coefficient (Wildman–Crippen LogP) is 3.57. The number of anilines is 1. The zero-order valence-corrected chi connectivity index (χ0v) is 20.0. The van der Waals surface area contributed by atoms with E-state index >= 15 is 0 Å². The van der Waals surface area contributed by atoms with Crippen LogP contribution < -0.4 is 4.90 Å². The first-order valence-electron chi connectivity index (χ1n) is 10.2. The number of halogens is 1. The van der Waals surface area contributed by atoms with Gasteiger partial charge in [0, 0.05) is 44.8 Å². The number of aromatic nitrogens is 3. The summed E-state index contributed by atoms with van der Waals surface area (Å²) in [4.78, 5) is 44.0. The Balaban J connectivity index is 0.000000454. The van der Waals surface area contributed by atoms with E-state index in [-0.39, 0.29) is 5.69 Å². The van der Waals surface area contributed by atoms with E-state index in [9.17, 15) is 9.59 Å². The van der Waals surface area contributed by atoms with Crippen molar-refractivity contribution < 1.29 is 14.3 Å². The first kappa shape index (κ1) is 24.7. The molecule has 1 saturated heterocycles. The number of carbonyl (C=O) groups excluding carboxylic acids is 2. The van der Waals surface area contributed by atoms with Crippen LogP contribution >= 0.6 is 24.2 Å². The summed E-state index contributed by atoms with van der Waals surface area (Å²) in [6.07, 6.45) is 6.33. The molecule has 0 spiro atoms. The minimum atomic E-state index is -1.03. The van der Waals surface area contributed by atoms with Crippen LogP contribution in [0.25, 0.3) is 0 Å². The normalized spacial score (nSPS) is 18.4. The number of piperazine rings is 1. The van der Waals surface area contributed by atoms with Crippen molar-refractivity contribution in [1.29, 1.82) is 0 Å². The zero-order valence-electron chi connectivity index (χ0n) is 18.4. The SMILES string of the molecule is C=C/C=C(\C)S.CN1CCN(C(=O)O[C@H]2c3nccnc3C(=O)N2c2ccc(Cl)cn2)CC1. The number of pyridine rings is 1. The third-order valence-corrected chi connectivity index (χ3v) is 5.28. The summed E-state index contributed by atoms with van der Waals surface area (Å²) in [5, 5.41) is 0.435. The third-order valence-electron chi connectivity index (χ3n) is 4.91. The van der Waals surface area contributed by atoms with Crippen molar-refractivity contribution in [2.45, 2.75) is 13.2 Å². The number of allylic oxidation sites excluding steroid dienone is 3. The Labute approximate surface area is 203 Å². The molecule has 11 heteroatoms. The van der Waals surface area contributed by atoms with Gasteiger partial charge in [0.25, 0.3) is 5.91 Å². The van der Waals surface area contributed by atoms with Crippen molar-refractivity contribution >= 4 is 42.0 Å². The van der Waals surface area contributed by atoms with Crippen LogP contribution in [0.15, 0.2) is 54.4 Å². The highest BCUT2D eigenvalue weighted by Gasteiger charge is 2.44. The quantitative estimate of drug-likeness (QED) is 0.521. The Morgan fingerprint density at radius 2 is 1.91 bits per heavy atom. The topological polar surface area (TPSA) is 91.8 Å². The average molecular weight is 489 g/mol. The molecule has 0 saturated carbocycles. The fraction of sp³-hybridized carbons (Fsp3) is 0.318. The fourth-order valence-electron chi connectivity index (χ4n) is 3.21. The van der Waals surface area contributed by atoms with Crippen molar-refractivity contribution in [2.24, 2.45) is 0 Å². The second-order valence-electron chi connectivity index (χ2n) is 7.37. The standard InChI is InChI=1S/C17H17ClN6O3.C5H8S/c1-22-6-8-23(9-7-22)17(26)27-16-14-13(19-4-5-20-14)15(25)24(16)12-3-2-11(18)10-21-12;1-3-4-5(2)6/h2-5,10,16H,6-9H2,1H3;3-4,6H,1H2,2H3/b;5-4+/t16-;/m0./s1. The lowest BCUT2D eigenvalue weighted by Crippen LogP contribution is -2.48. The molecule has 2 aromatic rings. The Kier molecular flexibility index (Phi) is 8.43. The van der Waals surface area contributed by atoms with Crippen molar-refractivity contribution in [1.82, 2.24) is 24.8 Å². The van der Waals surface area contributed by atoms with Gasteiger partial charge in [-0.1, -0.05) is 30.3 Å². The monoisotopic (exact) mass is 488 g/mol. The van der Waals surface area contributed by atoms with E-state index in [0.717, 1.165) is 18.0 Å². The van der Waals surface area contributed by atoms with Crippen molar-refractivity contribution in [3.05, 3.63) is 70.8 Å². The Bertz CT molecular complexity index is 1040. The first-order valence-corrected chi connectivity index (χ1v) is 11.0.